The summed E-state index contributed by atoms with van der Waals surface area (Å²) < 4.78 is 0. The third-order valence-corrected chi connectivity index (χ3v) is 4.31. The molecule has 2 aliphatic rings. The van der Waals surface area contributed by atoms with Crippen molar-refractivity contribution in [2.45, 2.75) is 19.0 Å². The molecule has 2 fully saturated rings. The Balaban J connectivity index is 0.00000147. The molecule has 0 bridgehead atoms. The fraction of sp³-hybridized carbons (Fsp3) is 0.533. The van der Waals surface area contributed by atoms with Crippen LogP contribution in [-0.4, -0.2) is 60.6 Å². The molecule has 0 aliphatic carbocycles. The molecule has 1 amide bonds. The molecule has 110 valence electrons. The fourth-order valence-corrected chi connectivity index (χ4v) is 3.13. The second-order valence-corrected chi connectivity index (χ2v) is 5.38. The predicted octanol–water partition coefficient (Wildman–Crippen LogP) is 0.562. The van der Waals surface area contributed by atoms with Gasteiger partial charge in [-0.1, -0.05) is 18.2 Å². The predicted molar refractivity (Wildman–Crippen MR) is 79.6 cm³/mol. The van der Waals surface area contributed by atoms with Crippen LogP contribution >= 0.6 is 0 Å². The van der Waals surface area contributed by atoms with Gasteiger partial charge in [-0.15, -0.1) is 0 Å². The van der Waals surface area contributed by atoms with Crippen LogP contribution in [0.5, 0.6) is 0 Å². The van der Waals surface area contributed by atoms with Crippen molar-refractivity contribution in [1.82, 2.24) is 9.80 Å². The number of hydrogen-bond donors (Lipinski definition) is 0. The maximum absolute atomic E-state index is 11.6. The van der Waals surface area contributed by atoms with Gasteiger partial charge in [-0.05, 0) is 18.6 Å². The second-order valence-electron chi connectivity index (χ2n) is 5.38. The number of para-hydroxylation sites is 1. The van der Waals surface area contributed by atoms with Gasteiger partial charge in [0.25, 0.3) is 0 Å². The van der Waals surface area contributed by atoms with Gasteiger partial charge in [-0.3, -0.25) is 9.69 Å². The van der Waals surface area contributed by atoms with Gasteiger partial charge in [-0.2, -0.15) is 0 Å². The molecular weight excluding hydrogens is 254 g/mol. The molecule has 1 atom stereocenters. The van der Waals surface area contributed by atoms with Crippen molar-refractivity contribution in [2.75, 3.05) is 38.1 Å². The highest BCUT2D eigenvalue weighted by Crippen LogP contribution is 2.23. The van der Waals surface area contributed by atoms with E-state index in [2.05, 4.69) is 40.1 Å². The minimum absolute atomic E-state index is 0. The van der Waals surface area contributed by atoms with Crippen LogP contribution < -0.4 is 4.90 Å². The van der Waals surface area contributed by atoms with Gasteiger partial charge in [0, 0.05) is 45.3 Å². The summed E-state index contributed by atoms with van der Waals surface area (Å²) in [5, 5.41) is 0. The third kappa shape index (κ3) is 2.78. The summed E-state index contributed by atoms with van der Waals surface area (Å²) in [4.78, 5) is 18.4. The molecule has 2 aliphatic heterocycles. The standard InChI is InChI=1S/C15H21N3O.H2O/c1-16-14(7-8-15(16)19)18-11-9-17(10-12-18)13-5-3-2-4-6-13;/h2-6,14H,7-12H2,1H3;1H2. The number of carbonyl (C=O) groups excluding carboxylic acids is 1. The zero-order valence-electron chi connectivity index (χ0n) is 12.0. The topological polar surface area (TPSA) is 58.3 Å². The van der Waals surface area contributed by atoms with Crippen molar-refractivity contribution in [3.63, 3.8) is 0 Å². The minimum Gasteiger partial charge on any atom is -0.412 e. The molecule has 3 rings (SSSR count). The molecule has 5 heteroatoms. The Morgan fingerprint density at radius 3 is 2.25 bits per heavy atom. The quantitative estimate of drug-likeness (QED) is 0.794. The second kappa shape index (κ2) is 6.24. The van der Waals surface area contributed by atoms with Crippen LogP contribution in [0, 0.1) is 0 Å². The van der Waals surface area contributed by atoms with Crippen molar-refractivity contribution >= 4 is 11.6 Å². The Morgan fingerprint density at radius 2 is 1.70 bits per heavy atom. The van der Waals surface area contributed by atoms with Crippen molar-refractivity contribution in [3.05, 3.63) is 30.3 Å². The molecule has 1 aromatic carbocycles. The number of nitrogens with zero attached hydrogens (tertiary/aromatic N) is 3. The first-order chi connectivity index (χ1) is 9.25. The number of rotatable bonds is 2. The van der Waals surface area contributed by atoms with E-state index < -0.39 is 0 Å². The van der Waals surface area contributed by atoms with Crippen LogP contribution in [-0.2, 0) is 4.79 Å². The van der Waals surface area contributed by atoms with Gasteiger partial charge in [0.05, 0.1) is 6.17 Å². The molecule has 2 saturated heterocycles. The first kappa shape index (κ1) is 14.8. The number of piperazine rings is 1. The summed E-state index contributed by atoms with van der Waals surface area (Å²) in [7, 11) is 1.93. The Kier molecular flexibility index (Phi) is 4.62. The number of carbonyl (C=O) groups is 1. The van der Waals surface area contributed by atoms with E-state index in [0.29, 0.717) is 12.6 Å². The van der Waals surface area contributed by atoms with E-state index in [1.54, 1.807) is 0 Å². The van der Waals surface area contributed by atoms with Gasteiger partial charge in [0.15, 0.2) is 0 Å². The maximum atomic E-state index is 11.6. The summed E-state index contributed by atoms with van der Waals surface area (Å²) in [5.41, 5.74) is 1.30. The van der Waals surface area contributed by atoms with Crippen LogP contribution in [0.2, 0.25) is 0 Å². The van der Waals surface area contributed by atoms with Gasteiger partial charge >= 0.3 is 0 Å². The van der Waals surface area contributed by atoms with Crippen LogP contribution in [0.4, 0.5) is 5.69 Å². The summed E-state index contributed by atoms with van der Waals surface area (Å²) in [6, 6.07) is 10.6. The molecule has 0 saturated carbocycles. The number of benzene rings is 1. The lowest BCUT2D eigenvalue weighted by Gasteiger charge is -2.40. The van der Waals surface area contributed by atoms with E-state index in [1.165, 1.54) is 5.69 Å². The van der Waals surface area contributed by atoms with E-state index in [4.69, 9.17) is 0 Å². The average molecular weight is 277 g/mol. The van der Waals surface area contributed by atoms with Crippen molar-refractivity contribution in [2.24, 2.45) is 0 Å². The molecule has 1 aromatic rings. The van der Waals surface area contributed by atoms with Crippen molar-refractivity contribution in [1.29, 1.82) is 0 Å². The summed E-state index contributed by atoms with van der Waals surface area (Å²) in [6.45, 7) is 4.17. The number of amides is 1. The highest BCUT2D eigenvalue weighted by Gasteiger charge is 2.33. The lowest BCUT2D eigenvalue weighted by molar-refractivity contribution is -0.129. The third-order valence-electron chi connectivity index (χ3n) is 4.31. The zero-order chi connectivity index (χ0) is 13.2. The van der Waals surface area contributed by atoms with E-state index in [0.717, 1.165) is 32.6 Å². The highest BCUT2D eigenvalue weighted by molar-refractivity contribution is 5.78. The SMILES string of the molecule is CN1C(=O)CCC1N1CCN(c2ccccc2)CC1.O. The first-order valence-corrected chi connectivity index (χ1v) is 7.05. The Morgan fingerprint density at radius 1 is 1.05 bits per heavy atom. The summed E-state index contributed by atoms with van der Waals surface area (Å²) >= 11 is 0. The summed E-state index contributed by atoms with van der Waals surface area (Å²) in [6.07, 6.45) is 2.02. The summed E-state index contributed by atoms with van der Waals surface area (Å²) in [5.74, 6) is 0.287. The fourth-order valence-electron chi connectivity index (χ4n) is 3.13. The van der Waals surface area contributed by atoms with E-state index in [-0.39, 0.29) is 11.4 Å². The molecule has 2 heterocycles. The first-order valence-electron chi connectivity index (χ1n) is 7.05. The largest absolute Gasteiger partial charge is 0.412 e. The van der Waals surface area contributed by atoms with E-state index in [9.17, 15) is 4.79 Å². The molecule has 2 N–H and O–H groups in total. The van der Waals surface area contributed by atoms with Crippen LogP contribution in [0.25, 0.3) is 0 Å². The normalized spacial score (nSPS) is 23.9. The average Bonchev–Trinajstić information content (AvgIpc) is 2.80. The van der Waals surface area contributed by atoms with Gasteiger partial charge in [0.1, 0.15) is 0 Å². The van der Waals surface area contributed by atoms with Gasteiger partial charge < -0.3 is 15.3 Å². The Labute approximate surface area is 120 Å². The van der Waals surface area contributed by atoms with Crippen LogP contribution in [0.3, 0.4) is 0 Å². The Hall–Kier alpha value is -1.59. The van der Waals surface area contributed by atoms with Crippen LogP contribution in [0.15, 0.2) is 30.3 Å². The maximum Gasteiger partial charge on any atom is 0.223 e. The van der Waals surface area contributed by atoms with Crippen molar-refractivity contribution < 1.29 is 10.3 Å². The molecule has 0 aromatic heterocycles. The number of anilines is 1. The van der Waals surface area contributed by atoms with E-state index >= 15 is 0 Å². The molecule has 5 nitrogen and oxygen atoms in total. The zero-order valence-corrected chi connectivity index (χ0v) is 12.0. The van der Waals surface area contributed by atoms with Gasteiger partial charge in [-0.25, -0.2) is 0 Å². The van der Waals surface area contributed by atoms with Crippen molar-refractivity contribution in [3.8, 4) is 0 Å². The highest BCUT2D eigenvalue weighted by atomic mass is 16.2. The smallest absolute Gasteiger partial charge is 0.223 e. The number of hydrogen-bond acceptors (Lipinski definition) is 3. The Bertz CT molecular complexity index is 444. The lowest BCUT2D eigenvalue weighted by Crippen LogP contribution is -2.53. The molecule has 0 radical (unpaired) electrons. The minimum atomic E-state index is 0. The monoisotopic (exact) mass is 277 g/mol. The molecule has 0 spiro atoms. The van der Waals surface area contributed by atoms with E-state index in [1.807, 2.05) is 11.9 Å². The van der Waals surface area contributed by atoms with Crippen LogP contribution in [0.1, 0.15) is 12.8 Å². The molecular formula is C15H23N3O2. The molecule has 20 heavy (non-hydrogen) atoms. The molecule has 1 unspecified atom stereocenters. The number of likely N-dealkylation sites (tertiary alicyclic amines) is 1. The lowest BCUT2D eigenvalue weighted by atomic mass is 10.2. The van der Waals surface area contributed by atoms with Gasteiger partial charge in [0.2, 0.25) is 5.91 Å².